The molecule has 38 heavy (non-hydrogen) atoms. The predicted octanol–water partition coefficient (Wildman–Crippen LogP) is 1.63. The molecular weight excluding hydrogens is 521 g/mol. The molecule has 1 aliphatic rings. The minimum absolute atomic E-state index is 0.0678. The van der Waals surface area contributed by atoms with Gasteiger partial charge in [0.2, 0.25) is 17.7 Å². The monoisotopic (exact) mass is 543 g/mol. The number of aromatic hydroxyl groups is 1. The number of rotatable bonds is 8. The van der Waals surface area contributed by atoms with Gasteiger partial charge in [0.25, 0.3) is 5.56 Å². The third-order valence-electron chi connectivity index (χ3n) is 5.48. The molecule has 3 aromatic rings. The number of methoxy groups -OCH3 is 2. The second-order valence-electron chi connectivity index (χ2n) is 7.98. The summed E-state index contributed by atoms with van der Waals surface area (Å²) in [4.78, 5) is 57.7. The van der Waals surface area contributed by atoms with Crippen molar-refractivity contribution in [3.63, 3.8) is 0 Å². The maximum Gasteiger partial charge on any atom is 0.328 e. The first-order chi connectivity index (χ1) is 18.2. The number of ether oxygens (including phenoxy) is 2. The van der Waals surface area contributed by atoms with Gasteiger partial charge in [-0.3, -0.25) is 24.4 Å². The number of amidine groups is 1. The lowest BCUT2D eigenvalue weighted by Gasteiger charge is -2.14. The van der Waals surface area contributed by atoms with Gasteiger partial charge in [-0.05, 0) is 29.8 Å². The first-order valence-electron chi connectivity index (χ1n) is 11.1. The topological polar surface area (TPSA) is 175 Å². The molecule has 198 valence electrons. The molecule has 12 nitrogen and oxygen atoms in total. The quantitative estimate of drug-likeness (QED) is 0.285. The predicted molar refractivity (Wildman–Crippen MR) is 137 cm³/mol. The molecule has 2 unspecified atom stereocenters. The Morgan fingerprint density at radius 2 is 1.82 bits per heavy atom. The molecule has 5 N–H and O–H groups in total. The van der Waals surface area contributed by atoms with Gasteiger partial charge in [-0.15, -0.1) is 0 Å². The van der Waals surface area contributed by atoms with Crippen molar-refractivity contribution < 1.29 is 28.6 Å². The Kier molecular flexibility index (Phi) is 7.81. The molecule has 2 amide bonds. The van der Waals surface area contributed by atoms with E-state index in [4.69, 9.17) is 9.47 Å². The number of anilines is 1. The summed E-state index contributed by atoms with van der Waals surface area (Å²) >= 11 is 0.951. The number of benzene rings is 2. The number of carbonyl (C=O) groups excluding carboxylic acids is 2. The number of nitrogens with zero attached hydrogens (tertiary/aromatic N) is 1. The minimum Gasteiger partial charge on any atom is -0.494 e. The fourth-order valence-corrected chi connectivity index (χ4v) is 4.70. The van der Waals surface area contributed by atoms with Crippen LogP contribution in [0.4, 0.5) is 10.1 Å². The van der Waals surface area contributed by atoms with E-state index in [2.05, 4.69) is 20.6 Å². The largest absolute Gasteiger partial charge is 0.494 e. The van der Waals surface area contributed by atoms with Gasteiger partial charge in [0.15, 0.2) is 16.7 Å². The maximum absolute atomic E-state index is 13.5. The van der Waals surface area contributed by atoms with Crippen molar-refractivity contribution in [2.45, 2.75) is 17.7 Å². The molecule has 4 rings (SSSR count). The van der Waals surface area contributed by atoms with Crippen molar-refractivity contribution in [3.05, 3.63) is 80.2 Å². The van der Waals surface area contributed by atoms with Gasteiger partial charge < -0.3 is 25.2 Å². The van der Waals surface area contributed by atoms with E-state index in [0.717, 1.165) is 23.9 Å². The molecule has 14 heteroatoms. The zero-order valence-corrected chi connectivity index (χ0v) is 20.8. The Labute approximate surface area is 218 Å². The summed E-state index contributed by atoms with van der Waals surface area (Å²) in [5.74, 6) is -1.30. The fourth-order valence-electron chi connectivity index (χ4n) is 3.70. The van der Waals surface area contributed by atoms with Crippen LogP contribution in [-0.4, -0.2) is 51.5 Å². The van der Waals surface area contributed by atoms with Crippen LogP contribution in [0.15, 0.2) is 57.0 Å². The first kappa shape index (κ1) is 26.5. The molecule has 0 bridgehead atoms. The smallest absolute Gasteiger partial charge is 0.328 e. The summed E-state index contributed by atoms with van der Waals surface area (Å²) in [6.45, 7) is 0. The summed E-state index contributed by atoms with van der Waals surface area (Å²) < 4.78 is 23.9. The molecule has 0 spiro atoms. The number of halogens is 1. The highest BCUT2D eigenvalue weighted by Crippen LogP contribution is 2.33. The van der Waals surface area contributed by atoms with E-state index in [1.54, 1.807) is 18.2 Å². The van der Waals surface area contributed by atoms with Gasteiger partial charge in [0.1, 0.15) is 22.7 Å². The van der Waals surface area contributed by atoms with Crippen LogP contribution >= 0.6 is 11.8 Å². The Morgan fingerprint density at radius 3 is 2.47 bits per heavy atom. The van der Waals surface area contributed by atoms with Crippen LogP contribution in [0.2, 0.25) is 0 Å². The summed E-state index contributed by atoms with van der Waals surface area (Å²) in [6.07, 6.45) is -0.199. The lowest BCUT2D eigenvalue weighted by atomic mass is 10.0. The van der Waals surface area contributed by atoms with Gasteiger partial charge in [-0.2, -0.15) is 0 Å². The number of aliphatic imine (C=N–C) groups is 1. The highest BCUT2D eigenvalue weighted by molar-refractivity contribution is 8.15. The van der Waals surface area contributed by atoms with E-state index in [-0.39, 0.29) is 17.2 Å². The zero-order chi connectivity index (χ0) is 27.4. The van der Waals surface area contributed by atoms with E-state index in [1.165, 1.54) is 26.4 Å². The molecule has 1 aromatic heterocycles. The highest BCUT2D eigenvalue weighted by Gasteiger charge is 2.34. The average Bonchev–Trinajstić information content (AvgIpc) is 3.21. The molecule has 0 radical (unpaired) electrons. The number of H-pyrrole nitrogens is 2. The van der Waals surface area contributed by atoms with Crippen LogP contribution < -0.4 is 31.4 Å². The van der Waals surface area contributed by atoms with Crippen LogP contribution in [0.25, 0.3) is 0 Å². The zero-order valence-electron chi connectivity index (χ0n) is 20.0. The van der Waals surface area contributed by atoms with Crippen LogP contribution in [0.1, 0.15) is 23.6 Å². The molecule has 2 aromatic carbocycles. The number of aromatic amines is 2. The van der Waals surface area contributed by atoms with E-state index in [9.17, 15) is 28.7 Å². The van der Waals surface area contributed by atoms with Gasteiger partial charge in [-0.1, -0.05) is 23.9 Å². The summed E-state index contributed by atoms with van der Waals surface area (Å²) in [6, 6.07) is 8.59. The highest BCUT2D eigenvalue weighted by atomic mass is 32.2. The van der Waals surface area contributed by atoms with Crippen molar-refractivity contribution in [3.8, 4) is 17.4 Å². The molecule has 1 fully saturated rings. The maximum atomic E-state index is 13.5. The van der Waals surface area contributed by atoms with Crippen LogP contribution in [0, 0.1) is 5.82 Å². The Balaban J connectivity index is 1.55. The summed E-state index contributed by atoms with van der Waals surface area (Å²) in [5, 5.41) is 14.8. The lowest BCUT2D eigenvalue weighted by molar-refractivity contribution is -0.122. The van der Waals surface area contributed by atoms with Crippen LogP contribution in [0.3, 0.4) is 0 Å². The molecule has 2 atom stereocenters. The number of aromatic nitrogens is 2. The molecule has 1 saturated heterocycles. The molecule has 1 aliphatic heterocycles. The Hall–Kier alpha value is -4.59. The van der Waals surface area contributed by atoms with Gasteiger partial charge in [-0.25, -0.2) is 14.2 Å². The standard InChI is InChI=1S/C24H22FN5O7S/c1-36-14-8-7-13(9-15(14)37-2)26-17(31)10-16-20(32)30-24(38-16)27-19(11-3-5-12(25)6-4-11)18-21(33)28-23(35)29-22(18)34/h3-9,16,19H,10H2,1-2H3,(H,26,31)(H,27,30,32)(H3,28,29,33,34,35). The Bertz CT molecular complexity index is 1520. The first-order valence-corrected chi connectivity index (χ1v) is 11.9. The van der Waals surface area contributed by atoms with Crippen LogP contribution in [0.5, 0.6) is 17.4 Å². The summed E-state index contributed by atoms with van der Waals surface area (Å²) in [7, 11) is 2.95. The SMILES string of the molecule is COc1ccc(NC(=O)CC2SC(=NC(c3ccc(F)cc3)c3c(O)[nH]c(=O)[nH]c3=O)NC2=O)cc1OC. The molecule has 0 aliphatic carbocycles. The number of amides is 2. The van der Waals surface area contributed by atoms with E-state index in [1.807, 2.05) is 4.98 Å². The van der Waals surface area contributed by atoms with E-state index in [0.29, 0.717) is 22.7 Å². The number of nitrogens with one attached hydrogen (secondary N) is 4. The molecule has 0 saturated carbocycles. The second-order valence-corrected chi connectivity index (χ2v) is 9.17. The summed E-state index contributed by atoms with van der Waals surface area (Å²) in [5.41, 5.74) is -1.41. The third kappa shape index (κ3) is 5.86. The minimum atomic E-state index is -1.21. The van der Waals surface area contributed by atoms with Crippen molar-refractivity contribution in [1.29, 1.82) is 0 Å². The number of thioether (sulfide) groups is 1. The van der Waals surface area contributed by atoms with Gasteiger partial charge >= 0.3 is 5.69 Å². The Morgan fingerprint density at radius 1 is 1.11 bits per heavy atom. The molecule has 2 heterocycles. The lowest BCUT2D eigenvalue weighted by Crippen LogP contribution is -2.29. The molecular formula is C24H22FN5O7S. The number of hydrogen-bond donors (Lipinski definition) is 5. The van der Waals surface area contributed by atoms with Gasteiger partial charge in [0, 0.05) is 18.2 Å². The van der Waals surface area contributed by atoms with Crippen molar-refractivity contribution >= 4 is 34.4 Å². The van der Waals surface area contributed by atoms with Crippen molar-refractivity contribution in [1.82, 2.24) is 15.3 Å². The number of carbonyl (C=O) groups is 2. The number of hydrogen-bond acceptors (Lipinski definition) is 9. The van der Waals surface area contributed by atoms with Crippen LogP contribution in [-0.2, 0) is 9.59 Å². The fraction of sp³-hybridized carbons (Fsp3) is 0.208. The van der Waals surface area contributed by atoms with E-state index >= 15 is 0 Å². The second kappa shape index (κ2) is 11.2. The normalized spacial score (nSPS) is 16.7. The third-order valence-corrected chi connectivity index (χ3v) is 6.57. The van der Waals surface area contributed by atoms with E-state index < -0.39 is 46.1 Å². The van der Waals surface area contributed by atoms with Crippen molar-refractivity contribution in [2.24, 2.45) is 4.99 Å². The van der Waals surface area contributed by atoms with Crippen molar-refractivity contribution in [2.75, 3.05) is 19.5 Å². The average molecular weight is 544 g/mol. The van der Waals surface area contributed by atoms with Gasteiger partial charge in [0.05, 0.1) is 14.2 Å².